The van der Waals surface area contributed by atoms with Gasteiger partial charge in [-0.2, -0.15) is 0 Å². The van der Waals surface area contributed by atoms with E-state index in [4.69, 9.17) is 0 Å². The van der Waals surface area contributed by atoms with Crippen molar-refractivity contribution in [2.45, 2.75) is 44.2 Å². The fraction of sp³-hybridized carbons (Fsp3) is 0.276. The van der Waals surface area contributed by atoms with Crippen LogP contribution in [0.4, 0.5) is 5.69 Å². The first-order chi connectivity index (χ1) is 16.2. The molecule has 0 radical (unpaired) electrons. The van der Waals surface area contributed by atoms with E-state index in [1.165, 1.54) is 31.7 Å². The van der Waals surface area contributed by atoms with Crippen LogP contribution in [-0.2, 0) is 24.1 Å². The SMILES string of the molecule is O=C1C(CC(O)Cc2cc3ccccc3s2)Cc2ccccc2N1C1CCc2ccccc21. The zero-order valence-corrected chi connectivity index (χ0v) is 19.3. The molecule has 2 aliphatic rings. The average molecular weight is 454 g/mol. The molecule has 1 aliphatic heterocycles. The van der Waals surface area contributed by atoms with Gasteiger partial charge in [0, 0.05) is 27.6 Å². The minimum absolute atomic E-state index is 0.0809. The van der Waals surface area contributed by atoms with Gasteiger partial charge in [0.25, 0.3) is 0 Å². The van der Waals surface area contributed by atoms with E-state index in [0.29, 0.717) is 19.3 Å². The Kier molecular flexibility index (Phi) is 5.28. The number of carbonyl (C=O) groups excluding carboxylic acids is 1. The summed E-state index contributed by atoms with van der Waals surface area (Å²) < 4.78 is 1.24. The third-order valence-electron chi connectivity index (χ3n) is 7.19. The molecule has 4 aromatic rings. The van der Waals surface area contributed by atoms with Crippen LogP contribution >= 0.6 is 11.3 Å². The number of anilines is 1. The minimum Gasteiger partial charge on any atom is -0.393 e. The Hall–Kier alpha value is -2.95. The third-order valence-corrected chi connectivity index (χ3v) is 8.33. The van der Waals surface area contributed by atoms with E-state index >= 15 is 0 Å². The monoisotopic (exact) mass is 453 g/mol. The molecule has 1 aliphatic carbocycles. The number of nitrogens with zero attached hydrogens (tertiary/aromatic N) is 1. The molecule has 3 nitrogen and oxygen atoms in total. The van der Waals surface area contributed by atoms with Gasteiger partial charge in [0.05, 0.1) is 12.1 Å². The van der Waals surface area contributed by atoms with E-state index < -0.39 is 6.10 Å². The second kappa shape index (κ2) is 8.44. The van der Waals surface area contributed by atoms with Gasteiger partial charge in [0.1, 0.15) is 0 Å². The van der Waals surface area contributed by atoms with Crippen molar-refractivity contribution in [3.63, 3.8) is 0 Å². The summed E-state index contributed by atoms with van der Waals surface area (Å²) in [5, 5.41) is 12.2. The van der Waals surface area contributed by atoms with Crippen LogP contribution in [0.2, 0.25) is 0 Å². The molecule has 3 unspecified atom stereocenters. The van der Waals surface area contributed by atoms with Crippen LogP contribution in [0, 0.1) is 5.92 Å². The summed E-state index contributed by atoms with van der Waals surface area (Å²) in [6, 6.07) is 27.4. The number of amides is 1. The molecule has 0 spiro atoms. The molecule has 1 amide bonds. The highest BCUT2D eigenvalue weighted by atomic mass is 32.1. The average Bonchev–Trinajstić information content (AvgIpc) is 3.43. The molecular weight excluding hydrogens is 426 g/mol. The van der Waals surface area contributed by atoms with Gasteiger partial charge in [-0.05, 0) is 66.0 Å². The summed E-state index contributed by atoms with van der Waals surface area (Å²) in [7, 11) is 0. The molecule has 0 fully saturated rings. The number of fused-ring (bicyclic) bond motifs is 3. The normalized spacial score (nSPS) is 20.6. The van der Waals surface area contributed by atoms with Crippen LogP contribution in [0.15, 0.2) is 78.9 Å². The predicted octanol–water partition coefficient (Wildman–Crippen LogP) is 6.09. The van der Waals surface area contributed by atoms with Gasteiger partial charge < -0.3 is 10.0 Å². The molecule has 0 saturated heterocycles. The molecular formula is C29H27NO2S. The lowest BCUT2D eigenvalue weighted by Gasteiger charge is -2.39. The van der Waals surface area contributed by atoms with Crippen molar-refractivity contribution >= 4 is 33.0 Å². The summed E-state index contributed by atoms with van der Waals surface area (Å²) in [6.07, 6.45) is 3.21. The maximum atomic E-state index is 13.8. The first kappa shape index (κ1) is 20.6. The molecule has 3 aromatic carbocycles. The maximum absolute atomic E-state index is 13.8. The van der Waals surface area contributed by atoms with E-state index in [-0.39, 0.29) is 17.9 Å². The van der Waals surface area contributed by atoms with Gasteiger partial charge in [-0.1, -0.05) is 60.7 Å². The number of benzene rings is 3. The van der Waals surface area contributed by atoms with Crippen LogP contribution in [0.3, 0.4) is 0 Å². The molecule has 3 atom stereocenters. The van der Waals surface area contributed by atoms with Crippen LogP contribution < -0.4 is 4.90 Å². The second-order valence-corrected chi connectivity index (χ2v) is 10.5. The fourth-order valence-corrected chi connectivity index (χ4v) is 6.81. The Bertz CT molecular complexity index is 1290. The zero-order valence-electron chi connectivity index (χ0n) is 18.5. The first-order valence-electron chi connectivity index (χ1n) is 11.8. The van der Waals surface area contributed by atoms with Gasteiger partial charge in [0.2, 0.25) is 5.91 Å². The standard InChI is InChI=1S/C29H27NO2S/c31-23(18-24-17-21-9-3-6-12-28(21)33-24)16-22-15-20-8-2-5-11-26(20)30(29(22)32)27-14-13-19-7-1-4-10-25(19)27/h1-12,17,22-23,27,31H,13-16,18H2. The van der Waals surface area contributed by atoms with Gasteiger partial charge in [-0.3, -0.25) is 4.79 Å². The van der Waals surface area contributed by atoms with Crippen LogP contribution in [0.5, 0.6) is 0 Å². The number of thiophene rings is 1. The Morgan fingerprint density at radius 3 is 2.61 bits per heavy atom. The quantitative estimate of drug-likeness (QED) is 0.397. The van der Waals surface area contributed by atoms with Gasteiger partial charge in [0.15, 0.2) is 0 Å². The lowest BCUT2D eigenvalue weighted by Crippen LogP contribution is -2.44. The van der Waals surface area contributed by atoms with E-state index in [0.717, 1.165) is 18.5 Å². The first-order valence-corrected chi connectivity index (χ1v) is 12.6. The van der Waals surface area contributed by atoms with Gasteiger partial charge >= 0.3 is 0 Å². The number of aliphatic hydroxyl groups is 1. The number of aryl methyl sites for hydroxylation is 1. The number of hydrogen-bond acceptors (Lipinski definition) is 3. The topological polar surface area (TPSA) is 40.5 Å². The number of carbonyl (C=O) groups is 1. The van der Waals surface area contributed by atoms with Crippen molar-refractivity contribution in [2.24, 2.45) is 5.92 Å². The van der Waals surface area contributed by atoms with Crippen molar-refractivity contribution in [1.29, 1.82) is 0 Å². The maximum Gasteiger partial charge on any atom is 0.231 e. The molecule has 0 saturated carbocycles. The second-order valence-electron chi connectivity index (χ2n) is 9.34. The van der Waals surface area contributed by atoms with Gasteiger partial charge in [-0.15, -0.1) is 11.3 Å². The summed E-state index contributed by atoms with van der Waals surface area (Å²) in [4.78, 5) is 17.0. The molecule has 4 heteroatoms. The van der Waals surface area contributed by atoms with E-state index in [2.05, 4.69) is 60.7 Å². The lowest BCUT2D eigenvalue weighted by atomic mass is 9.85. The zero-order chi connectivity index (χ0) is 22.4. The Morgan fingerprint density at radius 1 is 0.970 bits per heavy atom. The Morgan fingerprint density at radius 2 is 1.73 bits per heavy atom. The molecule has 2 heterocycles. The van der Waals surface area contributed by atoms with Crippen LogP contribution in [0.25, 0.3) is 10.1 Å². The van der Waals surface area contributed by atoms with Gasteiger partial charge in [-0.25, -0.2) is 0 Å². The van der Waals surface area contributed by atoms with E-state index in [1.54, 1.807) is 11.3 Å². The Balaban J connectivity index is 1.26. The number of aliphatic hydroxyl groups excluding tert-OH is 1. The van der Waals surface area contributed by atoms with Crippen molar-refractivity contribution in [2.75, 3.05) is 4.90 Å². The molecule has 1 aromatic heterocycles. The molecule has 166 valence electrons. The van der Waals surface area contributed by atoms with E-state index in [9.17, 15) is 9.90 Å². The molecule has 1 N–H and O–H groups in total. The van der Waals surface area contributed by atoms with Crippen LogP contribution in [0.1, 0.15) is 40.5 Å². The molecule has 6 rings (SSSR count). The van der Waals surface area contributed by atoms with E-state index in [1.807, 2.05) is 23.1 Å². The minimum atomic E-state index is -0.532. The summed E-state index contributed by atoms with van der Waals surface area (Å²) >= 11 is 1.73. The summed E-state index contributed by atoms with van der Waals surface area (Å²) in [5.41, 5.74) is 4.87. The molecule has 0 bridgehead atoms. The predicted molar refractivity (Wildman–Crippen MR) is 135 cm³/mol. The smallest absolute Gasteiger partial charge is 0.231 e. The van der Waals surface area contributed by atoms with Crippen LogP contribution in [-0.4, -0.2) is 17.1 Å². The summed E-state index contributed by atoms with van der Waals surface area (Å²) in [5.74, 6) is -0.0390. The number of hydrogen-bond donors (Lipinski definition) is 1. The highest BCUT2D eigenvalue weighted by Gasteiger charge is 2.40. The largest absolute Gasteiger partial charge is 0.393 e. The van der Waals surface area contributed by atoms with Crippen molar-refractivity contribution < 1.29 is 9.90 Å². The highest BCUT2D eigenvalue weighted by molar-refractivity contribution is 7.19. The lowest BCUT2D eigenvalue weighted by molar-refractivity contribution is -0.124. The Labute approximate surface area is 198 Å². The number of rotatable bonds is 5. The van der Waals surface area contributed by atoms with Crippen molar-refractivity contribution in [1.82, 2.24) is 0 Å². The van der Waals surface area contributed by atoms with Crippen molar-refractivity contribution in [3.05, 3.63) is 100 Å². The number of para-hydroxylation sites is 1. The molecule has 33 heavy (non-hydrogen) atoms. The fourth-order valence-electron chi connectivity index (χ4n) is 5.68. The summed E-state index contributed by atoms with van der Waals surface area (Å²) in [6.45, 7) is 0. The van der Waals surface area contributed by atoms with Crippen molar-refractivity contribution in [3.8, 4) is 0 Å². The third kappa shape index (κ3) is 3.77. The highest BCUT2D eigenvalue weighted by Crippen LogP contribution is 2.43.